The van der Waals surface area contributed by atoms with E-state index in [4.69, 9.17) is 4.52 Å². The number of nitrogens with one attached hydrogen (secondary N) is 2. The van der Waals surface area contributed by atoms with E-state index < -0.39 is 11.7 Å². The minimum absolute atomic E-state index is 0.0326. The van der Waals surface area contributed by atoms with E-state index in [1.54, 1.807) is 6.92 Å². The van der Waals surface area contributed by atoms with Crippen LogP contribution in [0.15, 0.2) is 16.8 Å². The summed E-state index contributed by atoms with van der Waals surface area (Å²) in [6, 6.07) is 1.32. The zero-order valence-corrected chi connectivity index (χ0v) is 11.1. The largest absolute Gasteiger partial charge is 0.371 e. The summed E-state index contributed by atoms with van der Waals surface area (Å²) >= 11 is 0. The second kappa shape index (κ2) is 6.09. The van der Waals surface area contributed by atoms with Gasteiger partial charge in [-0.25, -0.2) is 9.37 Å². The molecule has 0 spiro atoms. The normalized spacial score (nSPS) is 10.3. The lowest BCUT2D eigenvalue weighted by Crippen LogP contribution is -2.27. The highest BCUT2D eigenvalue weighted by molar-refractivity contribution is 5.95. The molecule has 2 heterocycles. The van der Waals surface area contributed by atoms with E-state index in [-0.39, 0.29) is 17.9 Å². The number of amides is 1. The molecule has 0 aliphatic carbocycles. The van der Waals surface area contributed by atoms with Gasteiger partial charge in [-0.15, -0.1) is 0 Å². The molecule has 0 aliphatic heterocycles. The zero-order valence-electron chi connectivity index (χ0n) is 11.1. The van der Waals surface area contributed by atoms with Gasteiger partial charge in [-0.3, -0.25) is 4.79 Å². The summed E-state index contributed by atoms with van der Waals surface area (Å²) in [5.41, 5.74) is -0.0638. The molecule has 0 unspecified atom stereocenters. The predicted molar refractivity (Wildman–Crippen MR) is 68.8 cm³/mol. The number of carbonyl (C=O) groups is 1. The SMILES string of the molecule is CNc1nccc(C(=O)NCCc2nc(C)no2)c1F. The Hall–Kier alpha value is -2.51. The number of hydrogen-bond acceptors (Lipinski definition) is 6. The molecule has 2 aromatic heterocycles. The average molecular weight is 279 g/mol. The number of halogens is 1. The van der Waals surface area contributed by atoms with Crippen molar-refractivity contribution < 1.29 is 13.7 Å². The summed E-state index contributed by atoms with van der Waals surface area (Å²) in [7, 11) is 1.53. The number of pyridine rings is 1. The van der Waals surface area contributed by atoms with Crippen molar-refractivity contribution >= 4 is 11.7 Å². The van der Waals surface area contributed by atoms with Gasteiger partial charge in [0.25, 0.3) is 5.91 Å². The summed E-state index contributed by atoms with van der Waals surface area (Å²) in [4.78, 5) is 19.6. The predicted octanol–water partition coefficient (Wildman–Crippen LogP) is 0.926. The Kier molecular flexibility index (Phi) is 4.24. The van der Waals surface area contributed by atoms with Crippen LogP contribution in [0.25, 0.3) is 0 Å². The van der Waals surface area contributed by atoms with Crippen molar-refractivity contribution in [2.75, 3.05) is 18.9 Å². The molecule has 0 radical (unpaired) electrons. The number of carbonyl (C=O) groups excluding carboxylic acids is 1. The molecule has 0 saturated heterocycles. The first-order valence-electron chi connectivity index (χ1n) is 6.01. The Labute approximate surface area is 114 Å². The van der Waals surface area contributed by atoms with Gasteiger partial charge in [-0.2, -0.15) is 4.98 Å². The van der Waals surface area contributed by atoms with Crippen molar-refractivity contribution in [1.29, 1.82) is 0 Å². The molecule has 1 amide bonds. The van der Waals surface area contributed by atoms with E-state index in [0.29, 0.717) is 18.1 Å². The Bertz CT molecular complexity index is 614. The monoisotopic (exact) mass is 279 g/mol. The fourth-order valence-corrected chi connectivity index (χ4v) is 1.61. The van der Waals surface area contributed by atoms with Crippen LogP contribution in [0.1, 0.15) is 22.1 Å². The lowest BCUT2D eigenvalue weighted by molar-refractivity contribution is 0.0949. The number of aryl methyl sites for hydroxylation is 1. The van der Waals surface area contributed by atoms with Crippen molar-refractivity contribution in [2.45, 2.75) is 13.3 Å². The first kappa shape index (κ1) is 13.9. The Morgan fingerprint density at radius 3 is 2.95 bits per heavy atom. The highest BCUT2D eigenvalue weighted by atomic mass is 19.1. The molecular weight excluding hydrogens is 265 g/mol. The van der Waals surface area contributed by atoms with Gasteiger partial charge in [-0.05, 0) is 13.0 Å². The van der Waals surface area contributed by atoms with E-state index in [2.05, 4.69) is 25.8 Å². The van der Waals surface area contributed by atoms with E-state index in [9.17, 15) is 9.18 Å². The minimum Gasteiger partial charge on any atom is -0.371 e. The summed E-state index contributed by atoms with van der Waals surface area (Å²) in [6.07, 6.45) is 1.75. The third-order valence-electron chi connectivity index (χ3n) is 2.56. The Morgan fingerprint density at radius 1 is 1.50 bits per heavy atom. The lowest BCUT2D eigenvalue weighted by atomic mass is 10.2. The highest BCUT2D eigenvalue weighted by Crippen LogP contribution is 2.14. The summed E-state index contributed by atoms with van der Waals surface area (Å²) < 4.78 is 18.8. The Balaban J connectivity index is 1.95. The maximum absolute atomic E-state index is 13.9. The Morgan fingerprint density at radius 2 is 2.30 bits per heavy atom. The highest BCUT2D eigenvalue weighted by Gasteiger charge is 2.15. The molecule has 0 fully saturated rings. The van der Waals surface area contributed by atoms with Gasteiger partial charge in [0.15, 0.2) is 17.5 Å². The summed E-state index contributed by atoms with van der Waals surface area (Å²) in [5.74, 6) is -0.206. The van der Waals surface area contributed by atoms with Gasteiger partial charge >= 0.3 is 0 Å². The van der Waals surface area contributed by atoms with E-state index in [0.717, 1.165) is 0 Å². The minimum atomic E-state index is -0.680. The molecule has 106 valence electrons. The second-order valence-corrected chi connectivity index (χ2v) is 4.01. The first-order chi connectivity index (χ1) is 9.61. The maximum atomic E-state index is 13.9. The van der Waals surface area contributed by atoms with E-state index in [1.807, 2.05) is 0 Å². The quantitative estimate of drug-likeness (QED) is 0.845. The molecule has 0 bridgehead atoms. The zero-order chi connectivity index (χ0) is 14.5. The number of nitrogens with zero attached hydrogens (tertiary/aromatic N) is 3. The maximum Gasteiger partial charge on any atom is 0.254 e. The molecule has 0 aromatic carbocycles. The first-order valence-corrected chi connectivity index (χ1v) is 6.01. The molecule has 0 atom stereocenters. The fraction of sp³-hybridized carbons (Fsp3) is 0.333. The molecule has 2 N–H and O–H groups in total. The number of hydrogen-bond donors (Lipinski definition) is 2. The molecule has 2 aromatic rings. The van der Waals surface area contributed by atoms with Crippen LogP contribution in [-0.2, 0) is 6.42 Å². The van der Waals surface area contributed by atoms with Crippen LogP contribution in [-0.4, -0.2) is 34.6 Å². The van der Waals surface area contributed by atoms with E-state index in [1.165, 1.54) is 19.3 Å². The second-order valence-electron chi connectivity index (χ2n) is 4.01. The average Bonchev–Trinajstić information content (AvgIpc) is 2.84. The van der Waals surface area contributed by atoms with Crippen LogP contribution in [0, 0.1) is 12.7 Å². The van der Waals surface area contributed by atoms with Crippen LogP contribution in [0.5, 0.6) is 0 Å². The van der Waals surface area contributed by atoms with Crippen LogP contribution >= 0.6 is 0 Å². The molecule has 0 saturated carbocycles. The van der Waals surface area contributed by atoms with Crippen LogP contribution < -0.4 is 10.6 Å². The molecule has 20 heavy (non-hydrogen) atoms. The van der Waals surface area contributed by atoms with Crippen molar-refractivity contribution in [3.63, 3.8) is 0 Å². The standard InChI is InChI=1S/C12H14FN5O2/c1-7-17-9(20-18-7)4-6-16-12(19)8-3-5-15-11(14-2)10(8)13/h3,5H,4,6H2,1-2H3,(H,14,15)(H,16,19). The van der Waals surface area contributed by atoms with Crippen molar-refractivity contribution in [1.82, 2.24) is 20.4 Å². The van der Waals surface area contributed by atoms with Gasteiger partial charge in [-0.1, -0.05) is 5.16 Å². The van der Waals surface area contributed by atoms with Gasteiger partial charge in [0.1, 0.15) is 0 Å². The molecule has 2 rings (SSSR count). The molecule has 8 heteroatoms. The summed E-state index contributed by atoms with van der Waals surface area (Å²) in [5, 5.41) is 8.80. The smallest absolute Gasteiger partial charge is 0.254 e. The lowest BCUT2D eigenvalue weighted by Gasteiger charge is -2.07. The van der Waals surface area contributed by atoms with Gasteiger partial charge in [0.2, 0.25) is 5.89 Å². The summed E-state index contributed by atoms with van der Waals surface area (Å²) in [6.45, 7) is 1.98. The van der Waals surface area contributed by atoms with Gasteiger partial charge in [0, 0.05) is 26.2 Å². The molecular formula is C12H14FN5O2. The van der Waals surface area contributed by atoms with Gasteiger partial charge in [0.05, 0.1) is 5.56 Å². The third kappa shape index (κ3) is 3.08. The van der Waals surface area contributed by atoms with Crippen molar-refractivity contribution in [2.24, 2.45) is 0 Å². The van der Waals surface area contributed by atoms with Gasteiger partial charge < -0.3 is 15.2 Å². The number of aromatic nitrogens is 3. The fourth-order valence-electron chi connectivity index (χ4n) is 1.61. The van der Waals surface area contributed by atoms with Crippen LogP contribution in [0.2, 0.25) is 0 Å². The van der Waals surface area contributed by atoms with E-state index >= 15 is 0 Å². The van der Waals surface area contributed by atoms with Crippen LogP contribution in [0.4, 0.5) is 10.2 Å². The van der Waals surface area contributed by atoms with Crippen molar-refractivity contribution in [3.8, 4) is 0 Å². The van der Waals surface area contributed by atoms with Crippen molar-refractivity contribution in [3.05, 3.63) is 35.4 Å². The number of anilines is 1. The number of rotatable bonds is 5. The van der Waals surface area contributed by atoms with Crippen LogP contribution in [0.3, 0.4) is 0 Å². The molecule has 7 nitrogen and oxygen atoms in total. The topological polar surface area (TPSA) is 92.9 Å². The third-order valence-corrected chi connectivity index (χ3v) is 2.56. The molecule has 0 aliphatic rings.